The fraction of sp³-hybridized carbons (Fsp3) is 0.278. The van der Waals surface area contributed by atoms with Crippen molar-refractivity contribution in [3.63, 3.8) is 0 Å². The maximum absolute atomic E-state index is 12.1. The number of nitrogens with one attached hydrogen (secondary N) is 1. The van der Waals surface area contributed by atoms with Crippen LogP contribution in [0.2, 0.25) is 0 Å². The van der Waals surface area contributed by atoms with Gasteiger partial charge < -0.3 is 14.8 Å². The number of amides is 1. The Balaban J connectivity index is 1.87. The standard InChI is InChI=1S/C18H19F2NO3/c1-2-23-16-6-4-3-5-13(16)7-12-17(22)21-14-8-10-15(11-9-14)24-18(19)20/h3-6,8-11,18H,2,7,12H2,1H3,(H,21,22). The molecule has 0 fully saturated rings. The number of ether oxygens (including phenoxy) is 2. The topological polar surface area (TPSA) is 47.6 Å². The van der Waals surface area contributed by atoms with Crippen LogP contribution in [-0.2, 0) is 11.2 Å². The zero-order valence-electron chi connectivity index (χ0n) is 13.3. The molecule has 0 saturated heterocycles. The van der Waals surface area contributed by atoms with Crippen molar-refractivity contribution in [2.45, 2.75) is 26.4 Å². The summed E-state index contributed by atoms with van der Waals surface area (Å²) in [6.07, 6.45) is 0.841. The highest BCUT2D eigenvalue weighted by Gasteiger charge is 2.08. The zero-order chi connectivity index (χ0) is 17.4. The first-order valence-corrected chi connectivity index (χ1v) is 7.64. The summed E-state index contributed by atoms with van der Waals surface area (Å²) in [6.45, 7) is -0.392. The fourth-order valence-corrected chi connectivity index (χ4v) is 2.20. The van der Waals surface area contributed by atoms with E-state index in [0.717, 1.165) is 11.3 Å². The molecule has 0 aromatic heterocycles. The lowest BCUT2D eigenvalue weighted by Gasteiger charge is -2.10. The zero-order valence-corrected chi connectivity index (χ0v) is 13.3. The smallest absolute Gasteiger partial charge is 0.387 e. The summed E-state index contributed by atoms with van der Waals surface area (Å²) in [5, 5.41) is 2.72. The van der Waals surface area contributed by atoms with Crippen molar-refractivity contribution in [1.82, 2.24) is 0 Å². The van der Waals surface area contributed by atoms with Gasteiger partial charge in [0.1, 0.15) is 11.5 Å². The lowest BCUT2D eigenvalue weighted by atomic mass is 10.1. The van der Waals surface area contributed by atoms with E-state index < -0.39 is 6.61 Å². The fourth-order valence-electron chi connectivity index (χ4n) is 2.20. The van der Waals surface area contributed by atoms with Crippen molar-refractivity contribution in [1.29, 1.82) is 0 Å². The van der Waals surface area contributed by atoms with E-state index in [4.69, 9.17) is 4.74 Å². The molecule has 2 aromatic rings. The van der Waals surface area contributed by atoms with Crippen LogP contribution in [0.1, 0.15) is 18.9 Å². The van der Waals surface area contributed by atoms with Crippen molar-refractivity contribution < 1.29 is 23.0 Å². The van der Waals surface area contributed by atoms with Gasteiger partial charge in [0.05, 0.1) is 6.61 Å². The number of rotatable bonds is 8. The molecule has 0 aliphatic rings. The van der Waals surface area contributed by atoms with Gasteiger partial charge in [-0.05, 0) is 49.2 Å². The summed E-state index contributed by atoms with van der Waals surface area (Å²) in [6, 6.07) is 13.4. The van der Waals surface area contributed by atoms with Crippen molar-refractivity contribution in [3.8, 4) is 11.5 Å². The van der Waals surface area contributed by atoms with Crippen LogP contribution in [0, 0.1) is 0 Å². The molecule has 24 heavy (non-hydrogen) atoms. The molecular weight excluding hydrogens is 316 g/mol. The Morgan fingerprint density at radius 2 is 1.83 bits per heavy atom. The van der Waals surface area contributed by atoms with Crippen LogP contribution in [0.5, 0.6) is 11.5 Å². The molecule has 6 heteroatoms. The second-order valence-electron chi connectivity index (χ2n) is 4.99. The highest BCUT2D eigenvalue weighted by molar-refractivity contribution is 5.90. The van der Waals surface area contributed by atoms with Gasteiger partial charge in [0, 0.05) is 12.1 Å². The third-order valence-corrected chi connectivity index (χ3v) is 3.26. The summed E-state index contributed by atoms with van der Waals surface area (Å²) >= 11 is 0. The molecule has 0 heterocycles. The molecule has 1 amide bonds. The molecule has 0 aliphatic carbocycles. The first-order valence-electron chi connectivity index (χ1n) is 7.64. The number of halogens is 2. The summed E-state index contributed by atoms with van der Waals surface area (Å²) in [4.78, 5) is 12.0. The van der Waals surface area contributed by atoms with E-state index in [9.17, 15) is 13.6 Å². The quantitative estimate of drug-likeness (QED) is 0.784. The van der Waals surface area contributed by atoms with Gasteiger partial charge in [0.2, 0.25) is 5.91 Å². The van der Waals surface area contributed by atoms with Gasteiger partial charge in [-0.2, -0.15) is 8.78 Å². The first-order chi connectivity index (χ1) is 11.6. The van der Waals surface area contributed by atoms with Crippen molar-refractivity contribution in [2.24, 2.45) is 0 Å². The molecule has 0 atom stereocenters. The summed E-state index contributed by atoms with van der Waals surface area (Å²) in [5.41, 5.74) is 1.50. The summed E-state index contributed by atoms with van der Waals surface area (Å²) in [5.74, 6) is 0.666. The first kappa shape index (κ1) is 17.7. The monoisotopic (exact) mass is 335 g/mol. The highest BCUT2D eigenvalue weighted by Crippen LogP contribution is 2.21. The van der Waals surface area contributed by atoms with Gasteiger partial charge in [-0.15, -0.1) is 0 Å². The van der Waals surface area contributed by atoms with E-state index in [2.05, 4.69) is 10.1 Å². The normalized spacial score (nSPS) is 10.5. The number of para-hydroxylation sites is 1. The number of carbonyl (C=O) groups excluding carboxylic acids is 1. The average Bonchev–Trinajstić information content (AvgIpc) is 2.56. The number of hydrogen-bond donors (Lipinski definition) is 1. The molecular formula is C18H19F2NO3. The molecule has 0 aliphatic heterocycles. The van der Waals surface area contributed by atoms with Crippen LogP contribution < -0.4 is 14.8 Å². The maximum Gasteiger partial charge on any atom is 0.387 e. The van der Waals surface area contributed by atoms with E-state index in [1.807, 2.05) is 31.2 Å². The van der Waals surface area contributed by atoms with Crippen molar-refractivity contribution in [2.75, 3.05) is 11.9 Å². The summed E-state index contributed by atoms with van der Waals surface area (Å²) in [7, 11) is 0. The summed E-state index contributed by atoms with van der Waals surface area (Å²) < 4.78 is 33.9. The lowest BCUT2D eigenvalue weighted by Crippen LogP contribution is -2.12. The van der Waals surface area contributed by atoms with Crippen LogP contribution in [-0.4, -0.2) is 19.1 Å². The minimum Gasteiger partial charge on any atom is -0.494 e. The Morgan fingerprint density at radius 3 is 2.50 bits per heavy atom. The number of anilines is 1. The number of alkyl halides is 2. The lowest BCUT2D eigenvalue weighted by molar-refractivity contribution is -0.116. The van der Waals surface area contributed by atoms with Gasteiger partial charge in [-0.25, -0.2) is 0 Å². The number of carbonyl (C=O) groups is 1. The average molecular weight is 335 g/mol. The second kappa shape index (κ2) is 8.86. The molecule has 2 aromatic carbocycles. The Morgan fingerprint density at radius 1 is 1.12 bits per heavy atom. The Bertz CT molecular complexity index is 660. The molecule has 128 valence electrons. The number of aryl methyl sites for hydroxylation is 1. The third kappa shape index (κ3) is 5.53. The van der Waals surface area contributed by atoms with E-state index in [1.54, 1.807) is 0 Å². The van der Waals surface area contributed by atoms with Crippen LogP contribution in [0.25, 0.3) is 0 Å². The molecule has 0 spiro atoms. The predicted molar refractivity (Wildman–Crippen MR) is 87.6 cm³/mol. The largest absolute Gasteiger partial charge is 0.494 e. The SMILES string of the molecule is CCOc1ccccc1CCC(=O)Nc1ccc(OC(F)F)cc1. The van der Waals surface area contributed by atoms with Crippen LogP contribution in [0.3, 0.4) is 0 Å². The molecule has 0 radical (unpaired) electrons. The van der Waals surface area contributed by atoms with Gasteiger partial charge in [0.25, 0.3) is 0 Å². The van der Waals surface area contributed by atoms with Crippen molar-refractivity contribution in [3.05, 3.63) is 54.1 Å². The molecule has 0 saturated carbocycles. The maximum atomic E-state index is 12.1. The Labute approximate surface area is 139 Å². The van der Waals surface area contributed by atoms with Gasteiger partial charge in [-0.1, -0.05) is 18.2 Å². The third-order valence-electron chi connectivity index (χ3n) is 3.26. The van der Waals surface area contributed by atoms with Crippen LogP contribution in [0.4, 0.5) is 14.5 Å². The van der Waals surface area contributed by atoms with E-state index in [1.165, 1.54) is 24.3 Å². The molecule has 4 nitrogen and oxygen atoms in total. The van der Waals surface area contributed by atoms with E-state index in [-0.39, 0.29) is 11.7 Å². The molecule has 1 N–H and O–H groups in total. The van der Waals surface area contributed by atoms with Gasteiger partial charge in [-0.3, -0.25) is 4.79 Å². The van der Waals surface area contributed by atoms with Gasteiger partial charge in [0.15, 0.2) is 0 Å². The van der Waals surface area contributed by atoms with Crippen LogP contribution in [0.15, 0.2) is 48.5 Å². The molecule has 2 rings (SSSR count). The highest BCUT2D eigenvalue weighted by atomic mass is 19.3. The number of benzene rings is 2. The minimum absolute atomic E-state index is 0.0497. The minimum atomic E-state index is -2.86. The van der Waals surface area contributed by atoms with Gasteiger partial charge >= 0.3 is 6.61 Å². The Kier molecular flexibility index (Phi) is 6.54. The van der Waals surface area contributed by atoms with E-state index >= 15 is 0 Å². The molecule has 0 unspecified atom stereocenters. The molecule has 0 bridgehead atoms. The van der Waals surface area contributed by atoms with Crippen LogP contribution >= 0.6 is 0 Å². The van der Waals surface area contributed by atoms with Crippen molar-refractivity contribution >= 4 is 11.6 Å². The Hall–Kier alpha value is -2.63. The number of hydrogen-bond acceptors (Lipinski definition) is 3. The predicted octanol–water partition coefficient (Wildman–Crippen LogP) is 4.26. The van der Waals surface area contributed by atoms with E-state index in [0.29, 0.717) is 25.1 Å². The second-order valence-corrected chi connectivity index (χ2v) is 4.99.